The second-order valence-electron chi connectivity index (χ2n) is 5.78. The number of halogens is 3. The molecule has 0 spiro atoms. The molecule has 0 amide bonds. The Morgan fingerprint density at radius 2 is 1.65 bits per heavy atom. The fraction of sp³-hybridized carbons (Fsp3) is 0.600. The number of hydrazine groups is 1. The summed E-state index contributed by atoms with van der Waals surface area (Å²) in [7, 11) is 0. The van der Waals surface area contributed by atoms with Crippen molar-refractivity contribution in [3.05, 3.63) is 35.4 Å². The highest BCUT2D eigenvalue weighted by Gasteiger charge is 2.31. The van der Waals surface area contributed by atoms with Crippen molar-refractivity contribution >= 4 is 0 Å². The van der Waals surface area contributed by atoms with Crippen LogP contribution in [0, 0.1) is 11.8 Å². The Labute approximate surface area is 117 Å². The van der Waals surface area contributed by atoms with Gasteiger partial charge in [0.05, 0.1) is 5.56 Å². The molecule has 3 N–H and O–H groups in total. The lowest BCUT2D eigenvalue weighted by Crippen LogP contribution is -2.35. The van der Waals surface area contributed by atoms with Gasteiger partial charge >= 0.3 is 6.18 Å². The van der Waals surface area contributed by atoms with Crippen LogP contribution in [-0.2, 0) is 6.18 Å². The zero-order chi connectivity index (χ0) is 14.8. The van der Waals surface area contributed by atoms with Crippen molar-refractivity contribution in [2.24, 2.45) is 17.7 Å². The van der Waals surface area contributed by atoms with Gasteiger partial charge in [-0.1, -0.05) is 31.9 Å². The highest BCUT2D eigenvalue weighted by molar-refractivity contribution is 5.27. The molecule has 1 fully saturated rings. The molecule has 0 heterocycles. The Balaban J connectivity index is 2.11. The van der Waals surface area contributed by atoms with Crippen LogP contribution in [0.25, 0.3) is 0 Å². The van der Waals surface area contributed by atoms with Gasteiger partial charge in [-0.25, -0.2) is 0 Å². The van der Waals surface area contributed by atoms with Gasteiger partial charge in [-0.05, 0) is 42.4 Å². The van der Waals surface area contributed by atoms with Gasteiger partial charge in [-0.15, -0.1) is 0 Å². The SMILES string of the molecule is CC1CCC(C(NN)c2ccc(C(F)(F)F)cc2)CC1. The molecular formula is C15H21F3N2. The van der Waals surface area contributed by atoms with E-state index in [0.717, 1.165) is 49.3 Å². The lowest BCUT2D eigenvalue weighted by Gasteiger charge is -2.32. The number of nitrogens with two attached hydrogens (primary N) is 1. The van der Waals surface area contributed by atoms with E-state index in [1.807, 2.05) is 0 Å². The summed E-state index contributed by atoms with van der Waals surface area (Å²) in [4.78, 5) is 0. The number of benzene rings is 1. The highest BCUT2D eigenvalue weighted by atomic mass is 19.4. The van der Waals surface area contributed by atoms with Crippen molar-refractivity contribution in [2.75, 3.05) is 0 Å². The Morgan fingerprint density at radius 3 is 2.10 bits per heavy atom. The van der Waals surface area contributed by atoms with Gasteiger partial charge in [0.2, 0.25) is 0 Å². The van der Waals surface area contributed by atoms with Gasteiger partial charge in [0, 0.05) is 6.04 Å². The number of alkyl halides is 3. The molecule has 0 radical (unpaired) electrons. The lowest BCUT2D eigenvalue weighted by atomic mass is 9.77. The molecule has 20 heavy (non-hydrogen) atoms. The molecule has 0 bridgehead atoms. The van der Waals surface area contributed by atoms with Crippen molar-refractivity contribution in [1.82, 2.24) is 5.43 Å². The topological polar surface area (TPSA) is 38.0 Å². The van der Waals surface area contributed by atoms with Gasteiger partial charge in [-0.2, -0.15) is 13.2 Å². The second kappa shape index (κ2) is 6.14. The maximum Gasteiger partial charge on any atom is 0.416 e. The molecule has 0 aliphatic heterocycles. The molecule has 2 nitrogen and oxygen atoms in total. The molecule has 1 aromatic carbocycles. The van der Waals surface area contributed by atoms with Crippen molar-refractivity contribution < 1.29 is 13.2 Å². The van der Waals surface area contributed by atoms with E-state index in [1.165, 1.54) is 12.1 Å². The number of hydrogen-bond acceptors (Lipinski definition) is 2. The largest absolute Gasteiger partial charge is 0.416 e. The first kappa shape index (κ1) is 15.3. The molecule has 0 saturated heterocycles. The molecule has 1 aliphatic rings. The smallest absolute Gasteiger partial charge is 0.271 e. The van der Waals surface area contributed by atoms with Crippen molar-refractivity contribution in [1.29, 1.82) is 0 Å². The number of rotatable bonds is 3. The molecule has 1 aliphatic carbocycles. The molecule has 5 heteroatoms. The zero-order valence-corrected chi connectivity index (χ0v) is 11.6. The summed E-state index contributed by atoms with van der Waals surface area (Å²) in [5.74, 6) is 6.75. The van der Waals surface area contributed by atoms with Crippen LogP contribution in [0.3, 0.4) is 0 Å². The van der Waals surface area contributed by atoms with E-state index in [0.29, 0.717) is 5.92 Å². The molecule has 1 unspecified atom stereocenters. The summed E-state index contributed by atoms with van der Waals surface area (Å²) in [5.41, 5.74) is 3.00. The van der Waals surface area contributed by atoms with E-state index in [2.05, 4.69) is 12.3 Å². The van der Waals surface area contributed by atoms with Crippen LogP contribution in [0.2, 0.25) is 0 Å². The standard InChI is InChI=1S/C15H21F3N2/c1-10-2-4-11(5-3-10)14(20-19)12-6-8-13(9-7-12)15(16,17)18/h6-11,14,20H,2-5,19H2,1H3. The molecule has 0 aromatic heterocycles. The van der Waals surface area contributed by atoms with Crippen LogP contribution in [0.5, 0.6) is 0 Å². The highest BCUT2D eigenvalue weighted by Crippen LogP contribution is 2.37. The average molecular weight is 286 g/mol. The molecule has 1 saturated carbocycles. The summed E-state index contributed by atoms with van der Waals surface area (Å²) in [6.07, 6.45) is 0.158. The van der Waals surface area contributed by atoms with E-state index in [9.17, 15) is 13.2 Å². The van der Waals surface area contributed by atoms with Crippen LogP contribution in [0.15, 0.2) is 24.3 Å². The Morgan fingerprint density at radius 1 is 1.10 bits per heavy atom. The third-order valence-electron chi connectivity index (χ3n) is 4.31. The summed E-state index contributed by atoms with van der Waals surface area (Å²) in [5, 5.41) is 0. The first-order valence-corrected chi connectivity index (χ1v) is 7.05. The maximum atomic E-state index is 12.6. The lowest BCUT2D eigenvalue weighted by molar-refractivity contribution is -0.137. The predicted octanol–water partition coefficient (Wildman–Crippen LogP) is 4.04. The minimum absolute atomic E-state index is 0.0650. The molecule has 112 valence electrons. The maximum absolute atomic E-state index is 12.6. The number of nitrogens with one attached hydrogen (secondary N) is 1. The Kier molecular flexibility index (Phi) is 4.70. The van der Waals surface area contributed by atoms with Crippen LogP contribution in [0.1, 0.15) is 49.8 Å². The van der Waals surface area contributed by atoms with Crippen molar-refractivity contribution in [2.45, 2.75) is 44.8 Å². The molecule has 1 atom stereocenters. The zero-order valence-electron chi connectivity index (χ0n) is 11.6. The molecule has 2 rings (SSSR count). The van der Waals surface area contributed by atoms with Crippen LogP contribution < -0.4 is 11.3 Å². The number of hydrogen-bond donors (Lipinski definition) is 2. The minimum atomic E-state index is -4.29. The average Bonchev–Trinajstić information content (AvgIpc) is 2.41. The minimum Gasteiger partial charge on any atom is -0.271 e. The van der Waals surface area contributed by atoms with Gasteiger partial charge in [0.25, 0.3) is 0 Å². The normalized spacial score (nSPS) is 25.4. The third-order valence-corrected chi connectivity index (χ3v) is 4.31. The fourth-order valence-corrected chi connectivity index (χ4v) is 3.00. The second-order valence-corrected chi connectivity index (χ2v) is 5.78. The quantitative estimate of drug-likeness (QED) is 0.650. The van der Waals surface area contributed by atoms with Crippen molar-refractivity contribution in [3.63, 3.8) is 0 Å². The first-order valence-electron chi connectivity index (χ1n) is 7.05. The predicted molar refractivity (Wildman–Crippen MR) is 72.6 cm³/mol. The summed E-state index contributed by atoms with van der Waals surface area (Å²) >= 11 is 0. The van der Waals surface area contributed by atoms with Gasteiger partial charge < -0.3 is 0 Å². The van der Waals surface area contributed by atoms with E-state index >= 15 is 0 Å². The van der Waals surface area contributed by atoms with Gasteiger partial charge in [0.1, 0.15) is 0 Å². The van der Waals surface area contributed by atoms with Crippen LogP contribution in [0.4, 0.5) is 13.2 Å². The Hall–Kier alpha value is -1.07. The summed E-state index contributed by atoms with van der Waals surface area (Å²) in [6, 6.07) is 5.26. The van der Waals surface area contributed by atoms with E-state index in [4.69, 9.17) is 5.84 Å². The van der Waals surface area contributed by atoms with Crippen LogP contribution >= 0.6 is 0 Å². The molecule has 1 aromatic rings. The fourth-order valence-electron chi connectivity index (χ4n) is 3.00. The summed E-state index contributed by atoms with van der Waals surface area (Å²) in [6.45, 7) is 2.24. The van der Waals surface area contributed by atoms with E-state index < -0.39 is 11.7 Å². The van der Waals surface area contributed by atoms with Gasteiger partial charge in [0.15, 0.2) is 0 Å². The van der Waals surface area contributed by atoms with E-state index in [1.54, 1.807) is 0 Å². The van der Waals surface area contributed by atoms with E-state index in [-0.39, 0.29) is 6.04 Å². The monoisotopic (exact) mass is 286 g/mol. The molecular weight excluding hydrogens is 265 g/mol. The summed E-state index contributed by atoms with van der Waals surface area (Å²) < 4.78 is 37.7. The first-order chi connectivity index (χ1) is 9.41. The van der Waals surface area contributed by atoms with Gasteiger partial charge in [-0.3, -0.25) is 11.3 Å². The third kappa shape index (κ3) is 3.52. The van der Waals surface area contributed by atoms with Crippen molar-refractivity contribution in [3.8, 4) is 0 Å². The Bertz CT molecular complexity index is 420. The van der Waals surface area contributed by atoms with Crippen LogP contribution in [-0.4, -0.2) is 0 Å².